The second kappa shape index (κ2) is 6.43. The zero-order chi connectivity index (χ0) is 15.4. The van der Waals surface area contributed by atoms with Gasteiger partial charge in [-0.3, -0.25) is 4.79 Å². The van der Waals surface area contributed by atoms with E-state index >= 15 is 0 Å². The number of carbonyl (C=O) groups is 2. The number of esters is 1. The average Bonchev–Trinajstić information content (AvgIpc) is 2.52. The summed E-state index contributed by atoms with van der Waals surface area (Å²) in [5.41, 5.74) is 1.46. The maximum Gasteiger partial charge on any atom is 0.328 e. The van der Waals surface area contributed by atoms with E-state index < -0.39 is 6.04 Å². The molecule has 0 aliphatic carbocycles. The average molecular weight is 289 g/mol. The molecule has 0 spiro atoms. The number of hydrogen-bond donors (Lipinski definition) is 0. The van der Waals surface area contributed by atoms with Gasteiger partial charge in [0.05, 0.1) is 14.2 Å². The second-order valence-corrected chi connectivity index (χ2v) is 4.96. The first-order valence-electron chi connectivity index (χ1n) is 6.76. The zero-order valence-corrected chi connectivity index (χ0v) is 12.3. The van der Waals surface area contributed by atoms with Gasteiger partial charge in [-0.1, -0.05) is 18.7 Å². The Kier molecular flexibility index (Phi) is 4.62. The standard InChI is InChI=1S/C16H19NO4/c1-11-4-9-14(16(19)21-3)17(15(11)18)10-12-5-7-13(20-2)8-6-12/h5-8,14H,1,4,9-10H2,2-3H3. The molecular weight excluding hydrogens is 270 g/mol. The molecule has 0 N–H and O–H groups in total. The SMILES string of the molecule is C=C1CCC(C(=O)OC)N(Cc2ccc(OC)cc2)C1=O. The molecule has 0 saturated carbocycles. The largest absolute Gasteiger partial charge is 0.497 e. The van der Waals surface area contributed by atoms with E-state index in [1.54, 1.807) is 7.11 Å². The van der Waals surface area contributed by atoms with E-state index in [-0.39, 0.29) is 11.9 Å². The van der Waals surface area contributed by atoms with Crippen molar-refractivity contribution >= 4 is 11.9 Å². The molecule has 1 aliphatic heterocycles. The van der Waals surface area contributed by atoms with Gasteiger partial charge in [-0.25, -0.2) is 4.79 Å². The number of likely N-dealkylation sites (tertiary alicyclic amines) is 1. The molecule has 2 rings (SSSR count). The molecule has 1 aromatic carbocycles. The molecule has 1 unspecified atom stereocenters. The van der Waals surface area contributed by atoms with Crippen LogP contribution in [0.4, 0.5) is 0 Å². The Balaban J connectivity index is 2.20. The number of hydrogen-bond acceptors (Lipinski definition) is 4. The monoisotopic (exact) mass is 289 g/mol. The van der Waals surface area contributed by atoms with Crippen molar-refractivity contribution in [2.24, 2.45) is 0 Å². The summed E-state index contributed by atoms with van der Waals surface area (Å²) in [7, 11) is 2.93. The summed E-state index contributed by atoms with van der Waals surface area (Å²) >= 11 is 0. The maximum atomic E-state index is 12.3. The van der Waals surface area contributed by atoms with Gasteiger partial charge in [0, 0.05) is 12.1 Å². The molecule has 1 amide bonds. The minimum atomic E-state index is -0.546. The Morgan fingerprint density at radius 1 is 1.33 bits per heavy atom. The summed E-state index contributed by atoms with van der Waals surface area (Å²) in [6.07, 6.45) is 1.07. The zero-order valence-electron chi connectivity index (χ0n) is 12.3. The van der Waals surface area contributed by atoms with E-state index in [1.807, 2.05) is 24.3 Å². The Bertz CT molecular complexity index is 550. The number of piperidine rings is 1. The number of ether oxygens (including phenoxy) is 2. The normalized spacial score (nSPS) is 18.6. The molecule has 21 heavy (non-hydrogen) atoms. The Morgan fingerprint density at radius 2 is 2.00 bits per heavy atom. The molecule has 1 fully saturated rings. The van der Waals surface area contributed by atoms with Crippen LogP contribution < -0.4 is 4.74 Å². The summed E-state index contributed by atoms with van der Waals surface area (Å²) in [4.78, 5) is 25.7. The highest BCUT2D eigenvalue weighted by molar-refractivity contribution is 5.97. The van der Waals surface area contributed by atoms with Crippen molar-refractivity contribution in [1.29, 1.82) is 0 Å². The first-order chi connectivity index (χ1) is 10.1. The predicted octanol–water partition coefficient (Wildman–Crippen LogP) is 1.92. The van der Waals surface area contributed by atoms with Crippen LogP contribution in [-0.2, 0) is 20.9 Å². The highest BCUT2D eigenvalue weighted by Crippen LogP contribution is 2.25. The van der Waals surface area contributed by atoms with Crippen LogP contribution >= 0.6 is 0 Å². The molecule has 1 aliphatic rings. The van der Waals surface area contributed by atoms with Crippen LogP contribution in [0.1, 0.15) is 18.4 Å². The van der Waals surface area contributed by atoms with E-state index in [0.29, 0.717) is 25.0 Å². The van der Waals surface area contributed by atoms with Gasteiger partial charge in [0.1, 0.15) is 11.8 Å². The van der Waals surface area contributed by atoms with Crippen molar-refractivity contribution in [3.63, 3.8) is 0 Å². The number of methoxy groups -OCH3 is 2. The van der Waals surface area contributed by atoms with Crippen LogP contribution in [0.3, 0.4) is 0 Å². The van der Waals surface area contributed by atoms with Crippen molar-refractivity contribution < 1.29 is 19.1 Å². The fourth-order valence-electron chi connectivity index (χ4n) is 2.41. The Labute approximate surface area is 124 Å². The Hall–Kier alpha value is -2.30. The first-order valence-corrected chi connectivity index (χ1v) is 6.76. The predicted molar refractivity (Wildman–Crippen MR) is 77.7 cm³/mol. The lowest BCUT2D eigenvalue weighted by molar-refractivity contribution is -0.153. The molecule has 0 radical (unpaired) electrons. The molecule has 5 heteroatoms. The van der Waals surface area contributed by atoms with Gasteiger partial charge < -0.3 is 14.4 Å². The molecule has 112 valence electrons. The van der Waals surface area contributed by atoms with E-state index in [0.717, 1.165) is 11.3 Å². The second-order valence-electron chi connectivity index (χ2n) is 4.96. The smallest absolute Gasteiger partial charge is 0.328 e. The third kappa shape index (κ3) is 3.24. The van der Waals surface area contributed by atoms with Gasteiger partial charge >= 0.3 is 5.97 Å². The van der Waals surface area contributed by atoms with E-state index in [1.165, 1.54) is 12.0 Å². The van der Waals surface area contributed by atoms with Crippen molar-refractivity contribution in [2.45, 2.75) is 25.4 Å². The minimum absolute atomic E-state index is 0.188. The molecule has 1 saturated heterocycles. The van der Waals surface area contributed by atoms with Crippen LogP contribution in [-0.4, -0.2) is 37.0 Å². The molecule has 1 aromatic rings. The Morgan fingerprint density at radius 3 is 2.57 bits per heavy atom. The number of benzene rings is 1. The van der Waals surface area contributed by atoms with Gasteiger partial charge in [0.25, 0.3) is 0 Å². The third-order valence-electron chi connectivity index (χ3n) is 3.64. The minimum Gasteiger partial charge on any atom is -0.497 e. The fraction of sp³-hybridized carbons (Fsp3) is 0.375. The fourth-order valence-corrected chi connectivity index (χ4v) is 2.41. The van der Waals surface area contributed by atoms with Gasteiger partial charge in [-0.2, -0.15) is 0 Å². The number of carbonyl (C=O) groups excluding carboxylic acids is 2. The van der Waals surface area contributed by atoms with Gasteiger partial charge in [-0.15, -0.1) is 0 Å². The molecule has 1 atom stereocenters. The van der Waals surface area contributed by atoms with Crippen molar-refractivity contribution in [1.82, 2.24) is 4.90 Å². The lowest BCUT2D eigenvalue weighted by Crippen LogP contribution is -2.48. The molecular formula is C16H19NO4. The van der Waals surface area contributed by atoms with Crippen LogP contribution in [0.15, 0.2) is 36.4 Å². The van der Waals surface area contributed by atoms with Crippen molar-refractivity contribution in [3.05, 3.63) is 42.0 Å². The summed E-state index contributed by atoms with van der Waals surface area (Å²) in [6, 6.07) is 6.85. The highest BCUT2D eigenvalue weighted by Gasteiger charge is 2.35. The molecule has 1 heterocycles. The van der Waals surface area contributed by atoms with Crippen molar-refractivity contribution in [3.8, 4) is 5.75 Å². The summed E-state index contributed by atoms with van der Waals surface area (Å²) < 4.78 is 9.90. The van der Waals surface area contributed by atoms with Crippen LogP contribution in [0.2, 0.25) is 0 Å². The maximum absolute atomic E-state index is 12.3. The molecule has 0 aromatic heterocycles. The van der Waals surface area contributed by atoms with Gasteiger partial charge in [0.2, 0.25) is 5.91 Å². The number of rotatable bonds is 4. The molecule has 5 nitrogen and oxygen atoms in total. The lowest BCUT2D eigenvalue weighted by atomic mass is 9.97. The molecule has 0 bridgehead atoms. The number of nitrogens with zero attached hydrogens (tertiary/aromatic N) is 1. The summed E-state index contributed by atoms with van der Waals surface area (Å²) in [5.74, 6) is 0.175. The third-order valence-corrected chi connectivity index (χ3v) is 3.64. The van der Waals surface area contributed by atoms with E-state index in [2.05, 4.69) is 6.58 Å². The van der Waals surface area contributed by atoms with Gasteiger partial charge in [-0.05, 0) is 30.5 Å². The lowest BCUT2D eigenvalue weighted by Gasteiger charge is -2.34. The summed E-state index contributed by atoms with van der Waals surface area (Å²) in [6.45, 7) is 4.12. The quantitative estimate of drug-likeness (QED) is 0.627. The van der Waals surface area contributed by atoms with E-state index in [9.17, 15) is 9.59 Å². The first kappa shape index (κ1) is 15.1. The van der Waals surface area contributed by atoms with Gasteiger partial charge in [0.15, 0.2) is 0 Å². The summed E-state index contributed by atoms with van der Waals surface area (Å²) in [5, 5.41) is 0. The van der Waals surface area contributed by atoms with Crippen LogP contribution in [0.5, 0.6) is 5.75 Å². The number of amides is 1. The highest BCUT2D eigenvalue weighted by atomic mass is 16.5. The van der Waals surface area contributed by atoms with Crippen LogP contribution in [0, 0.1) is 0 Å². The van der Waals surface area contributed by atoms with E-state index in [4.69, 9.17) is 9.47 Å². The van der Waals surface area contributed by atoms with Crippen molar-refractivity contribution in [2.75, 3.05) is 14.2 Å². The van der Waals surface area contributed by atoms with Crippen LogP contribution in [0.25, 0.3) is 0 Å². The topological polar surface area (TPSA) is 55.8 Å².